The number of nitrogens with zero attached hydrogens (tertiary/aromatic N) is 2. The van der Waals surface area contributed by atoms with E-state index < -0.39 is 0 Å². The van der Waals surface area contributed by atoms with Crippen molar-refractivity contribution >= 4 is 36.2 Å². The molecule has 0 atom stereocenters. The summed E-state index contributed by atoms with van der Waals surface area (Å²) in [4.78, 5) is 7.47. The first kappa shape index (κ1) is 19.7. The average molecular weight is 390 g/mol. The van der Waals surface area contributed by atoms with Crippen LogP contribution in [0.3, 0.4) is 0 Å². The SMILES string of the molecule is Cl.Cl.c1coc(-c2nc(CN3CCNCC34CCCCC4)cs2)c1. The molecule has 4 rings (SSSR count). The fraction of sp³-hybridized carbons (Fsp3) is 0.588. The van der Waals surface area contributed by atoms with Crippen LogP contribution >= 0.6 is 36.2 Å². The van der Waals surface area contributed by atoms with Gasteiger partial charge in [-0.1, -0.05) is 19.3 Å². The minimum Gasteiger partial charge on any atom is -0.462 e. The Morgan fingerprint density at radius 3 is 2.83 bits per heavy atom. The van der Waals surface area contributed by atoms with Gasteiger partial charge >= 0.3 is 0 Å². The van der Waals surface area contributed by atoms with Gasteiger partial charge in [0.15, 0.2) is 10.8 Å². The summed E-state index contributed by atoms with van der Waals surface area (Å²) in [6.45, 7) is 4.34. The van der Waals surface area contributed by atoms with E-state index in [1.165, 1.54) is 37.8 Å². The van der Waals surface area contributed by atoms with Gasteiger partial charge in [0.2, 0.25) is 0 Å². The molecule has 24 heavy (non-hydrogen) atoms. The standard InChI is InChI=1S/C17H23N3OS.2ClH/c1-2-6-17(7-3-1)13-18-8-9-20(17)11-14-12-22-16(19-14)15-5-4-10-21-15;;/h4-5,10,12,18H,1-3,6-9,11,13H2;2*1H. The third-order valence-electron chi connectivity index (χ3n) is 5.10. The number of piperazine rings is 1. The van der Waals surface area contributed by atoms with Crippen LogP contribution in [0.5, 0.6) is 0 Å². The van der Waals surface area contributed by atoms with Crippen molar-refractivity contribution in [3.8, 4) is 10.8 Å². The van der Waals surface area contributed by atoms with E-state index in [0.29, 0.717) is 5.54 Å². The molecule has 1 aliphatic heterocycles. The maximum Gasteiger partial charge on any atom is 0.162 e. The van der Waals surface area contributed by atoms with Crippen LogP contribution in [0.25, 0.3) is 10.8 Å². The zero-order valence-corrected chi connectivity index (χ0v) is 16.2. The average Bonchev–Trinajstić information content (AvgIpc) is 3.22. The quantitative estimate of drug-likeness (QED) is 0.846. The van der Waals surface area contributed by atoms with Gasteiger partial charge in [-0.05, 0) is 25.0 Å². The second kappa shape index (κ2) is 8.68. The first-order chi connectivity index (χ1) is 10.9. The Balaban J connectivity index is 0.00000104. The van der Waals surface area contributed by atoms with Crippen molar-refractivity contribution in [1.29, 1.82) is 0 Å². The lowest BCUT2D eigenvalue weighted by atomic mass is 9.79. The minimum absolute atomic E-state index is 0. The summed E-state index contributed by atoms with van der Waals surface area (Å²) in [7, 11) is 0. The molecule has 4 nitrogen and oxygen atoms in total. The Morgan fingerprint density at radius 2 is 2.08 bits per heavy atom. The van der Waals surface area contributed by atoms with Crippen LogP contribution in [-0.4, -0.2) is 35.1 Å². The number of furan rings is 1. The summed E-state index contributed by atoms with van der Waals surface area (Å²) >= 11 is 1.68. The van der Waals surface area contributed by atoms with E-state index >= 15 is 0 Å². The van der Waals surface area contributed by atoms with Crippen LogP contribution in [0.1, 0.15) is 37.8 Å². The predicted molar refractivity (Wildman–Crippen MR) is 103 cm³/mol. The molecule has 1 saturated heterocycles. The normalized spacial score (nSPS) is 20.3. The summed E-state index contributed by atoms with van der Waals surface area (Å²) < 4.78 is 5.46. The highest BCUT2D eigenvalue weighted by atomic mass is 35.5. The summed E-state index contributed by atoms with van der Waals surface area (Å²) in [6, 6.07) is 3.90. The van der Waals surface area contributed by atoms with E-state index in [4.69, 9.17) is 9.40 Å². The molecule has 1 N–H and O–H groups in total. The molecule has 0 bridgehead atoms. The number of halogens is 2. The molecule has 2 aromatic heterocycles. The van der Waals surface area contributed by atoms with Crippen molar-refractivity contribution in [2.45, 2.75) is 44.2 Å². The summed E-state index contributed by atoms with van der Waals surface area (Å²) in [6.07, 6.45) is 8.50. The first-order valence-corrected chi connectivity index (χ1v) is 9.18. The highest BCUT2D eigenvalue weighted by molar-refractivity contribution is 7.13. The van der Waals surface area contributed by atoms with Gasteiger partial charge < -0.3 is 9.73 Å². The van der Waals surface area contributed by atoms with E-state index in [2.05, 4.69) is 15.6 Å². The monoisotopic (exact) mass is 389 g/mol. The zero-order chi connectivity index (χ0) is 14.8. The fourth-order valence-corrected chi connectivity index (χ4v) is 4.70. The lowest BCUT2D eigenvalue weighted by Gasteiger charge is -2.49. The molecule has 2 aliphatic rings. The van der Waals surface area contributed by atoms with E-state index in [9.17, 15) is 0 Å². The van der Waals surface area contributed by atoms with Crippen molar-refractivity contribution in [3.63, 3.8) is 0 Å². The molecule has 0 aromatic carbocycles. The van der Waals surface area contributed by atoms with Gasteiger partial charge in [-0.2, -0.15) is 0 Å². The number of aromatic nitrogens is 1. The van der Waals surface area contributed by atoms with Gasteiger partial charge in [-0.3, -0.25) is 4.90 Å². The Morgan fingerprint density at radius 1 is 1.25 bits per heavy atom. The number of hydrogen-bond donors (Lipinski definition) is 1. The summed E-state index contributed by atoms with van der Waals surface area (Å²) in [5, 5.41) is 6.80. The molecule has 7 heteroatoms. The van der Waals surface area contributed by atoms with E-state index in [0.717, 1.165) is 36.9 Å². The fourth-order valence-electron chi connectivity index (χ4n) is 3.92. The molecule has 0 radical (unpaired) electrons. The summed E-state index contributed by atoms with van der Waals surface area (Å²) in [5.74, 6) is 0.879. The van der Waals surface area contributed by atoms with Crippen LogP contribution in [0.2, 0.25) is 0 Å². The molecule has 1 saturated carbocycles. The smallest absolute Gasteiger partial charge is 0.162 e. The molecule has 3 heterocycles. The van der Waals surface area contributed by atoms with Crippen molar-refractivity contribution in [2.75, 3.05) is 19.6 Å². The first-order valence-electron chi connectivity index (χ1n) is 8.30. The van der Waals surface area contributed by atoms with Crippen LogP contribution in [-0.2, 0) is 6.54 Å². The lowest BCUT2D eigenvalue weighted by molar-refractivity contribution is 0.0201. The number of rotatable bonds is 3. The van der Waals surface area contributed by atoms with Crippen LogP contribution < -0.4 is 5.32 Å². The topological polar surface area (TPSA) is 41.3 Å². The molecule has 0 amide bonds. The van der Waals surface area contributed by atoms with Crippen molar-refractivity contribution in [1.82, 2.24) is 15.2 Å². The molecule has 0 unspecified atom stereocenters. The van der Waals surface area contributed by atoms with Gasteiger partial charge in [-0.25, -0.2) is 4.98 Å². The van der Waals surface area contributed by atoms with Crippen LogP contribution in [0.15, 0.2) is 28.2 Å². The predicted octanol–water partition coefficient (Wildman–Crippen LogP) is 4.35. The van der Waals surface area contributed by atoms with E-state index in [1.807, 2.05) is 12.1 Å². The van der Waals surface area contributed by atoms with Gasteiger partial charge in [0.05, 0.1) is 12.0 Å². The molecule has 1 spiro atoms. The van der Waals surface area contributed by atoms with Crippen molar-refractivity contribution in [2.24, 2.45) is 0 Å². The lowest BCUT2D eigenvalue weighted by Crippen LogP contribution is -2.61. The third kappa shape index (κ3) is 3.97. The molecule has 2 aromatic rings. The summed E-state index contributed by atoms with van der Waals surface area (Å²) in [5.41, 5.74) is 1.55. The molecular weight excluding hydrogens is 365 g/mol. The van der Waals surface area contributed by atoms with E-state index in [1.54, 1.807) is 17.6 Å². The van der Waals surface area contributed by atoms with Crippen LogP contribution in [0.4, 0.5) is 0 Å². The van der Waals surface area contributed by atoms with Gasteiger partial charge in [0.25, 0.3) is 0 Å². The van der Waals surface area contributed by atoms with Gasteiger partial charge in [-0.15, -0.1) is 36.2 Å². The second-order valence-electron chi connectivity index (χ2n) is 6.50. The third-order valence-corrected chi connectivity index (χ3v) is 6.01. The minimum atomic E-state index is 0. The highest BCUT2D eigenvalue weighted by Crippen LogP contribution is 2.36. The Labute approximate surface area is 159 Å². The number of nitrogens with one attached hydrogen (secondary N) is 1. The van der Waals surface area contributed by atoms with Gasteiger partial charge in [0, 0.05) is 37.1 Å². The number of thiazole rings is 1. The number of hydrogen-bond acceptors (Lipinski definition) is 5. The maximum absolute atomic E-state index is 5.46. The Kier molecular flexibility index (Phi) is 7.13. The Bertz CT molecular complexity index is 603. The molecule has 134 valence electrons. The Hall–Kier alpha value is -0.590. The van der Waals surface area contributed by atoms with Gasteiger partial charge in [0.1, 0.15) is 0 Å². The molecular formula is C17H25Cl2N3OS. The maximum atomic E-state index is 5.46. The zero-order valence-electron chi connectivity index (χ0n) is 13.7. The van der Waals surface area contributed by atoms with E-state index in [-0.39, 0.29) is 24.8 Å². The molecule has 2 fully saturated rings. The highest BCUT2D eigenvalue weighted by Gasteiger charge is 2.39. The molecule has 1 aliphatic carbocycles. The van der Waals surface area contributed by atoms with Crippen molar-refractivity contribution in [3.05, 3.63) is 29.5 Å². The second-order valence-corrected chi connectivity index (χ2v) is 7.36. The van der Waals surface area contributed by atoms with Crippen molar-refractivity contribution < 1.29 is 4.42 Å². The largest absolute Gasteiger partial charge is 0.462 e. The van der Waals surface area contributed by atoms with Crippen LogP contribution in [0, 0.1) is 0 Å².